The van der Waals surface area contributed by atoms with Gasteiger partial charge in [0.2, 0.25) is 0 Å². The Morgan fingerprint density at radius 2 is 2.15 bits per heavy atom. The molecule has 2 heterocycles. The number of ether oxygens (including phenoxy) is 1. The quantitative estimate of drug-likeness (QED) is 0.787. The average Bonchev–Trinajstić information content (AvgIpc) is 2.84. The topological polar surface area (TPSA) is 67.9 Å². The fourth-order valence-corrected chi connectivity index (χ4v) is 2.60. The van der Waals surface area contributed by atoms with Crippen molar-refractivity contribution < 1.29 is 9.13 Å². The summed E-state index contributed by atoms with van der Waals surface area (Å²) in [5.74, 6) is -0.202. The highest BCUT2D eigenvalue weighted by Gasteiger charge is 2.12. The van der Waals surface area contributed by atoms with Gasteiger partial charge in [0.15, 0.2) is 22.4 Å². The highest BCUT2D eigenvalue weighted by molar-refractivity contribution is 7.13. The number of fused-ring (bicyclic) bond motifs is 1. The molecule has 0 radical (unpaired) electrons. The van der Waals surface area contributed by atoms with Crippen LogP contribution in [0.2, 0.25) is 0 Å². The maximum atomic E-state index is 13.7. The molecule has 3 aromatic rings. The van der Waals surface area contributed by atoms with E-state index in [0.29, 0.717) is 10.8 Å². The van der Waals surface area contributed by atoms with Crippen LogP contribution in [0.15, 0.2) is 22.3 Å². The Balaban J connectivity index is 2.26. The molecule has 0 atom stereocenters. The Morgan fingerprint density at radius 3 is 2.80 bits per heavy atom. The molecule has 0 spiro atoms. The summed E-state index contributed by atoms with van der Waals surface area (Å²) in [6.45, 7) is 1.85. The SMILES string of the molecule is COc1cc2c(=O)[nH]c(-c3nc(C)cs3)nc2cc1F. The molecule has 0 saturated carbocycles. The second-order valence-electron chi connectivity index (χ2n) is 4.21. The number of aryl methyl sites for hydroxylation is 1. The van der Waals surface area contributed by atoms with Crippen LogP contribution in [-0.2, 0) is 0 Å². The fraction of sp³-hybridized carbons (Fsp3) is 0.154. The van der Waals surface area contributed by atoms with E-state index >= 15 is 0 Å². The minimum atomic E-state index is -0.556. The molecule has 0 bridgehead atoms. The van der Waals surface area contributed by atoms with Gasteiger partial charge in [-0.1, -0.05) is 0 Å². The molecule has 0 amide bonds. The molecule has 0 aliphatic rings. The Labute approximate surface area is 117 Å². The molecule has 2 aromatic heterocycles. The summed E-state index contributed by atoms with van der Waals surface area (Å²) >= 11 is 1.37. The molecule has 0 fully saturated rings. The smallest absolute Gasteiger partial charge is 0.259 e. The standard InChI is InChI=1S/C13H10FN3O2S/c1-6-5-20-13(15-6)11-16-9-4-8(14)10(19-2)3-7(9)12(18)17-11/h3-5H,1-2H3,(H,16,17,18). The minimum absolute atomic E-state index is 0.0163. The highest BCUT2D eigenvalue weighted by Crippen LogP contribution is 2.24. The van der Waals surface area contributed by atoms with Crippen LogP contribution < -0.4 is 10.3 Å². The van der Waals surface area contributed by atoms with Gasteiger partial charge < -0.3 is 9.72 Å². The number of thiazole rings is 1. The third kappa shape index (κ3) is 2.05. The Morgan fingerprint density at radius 1 is 1.35 bits per heavy atom. The van der Waals surface area contributed by atoms with Crippen LogP contribution >= 0.6 is 11.3 Å². The van der Waals surface area contributed by atoms with E-state index in [1.54, 1.807) is 0 Å². The van der Waals surface area contributed by atoms with Gasteiger partial charge in [-0.2, -0.15) is 0 Å². The van der Waals surface area contributed by atoms with Crippen molar-refractivity contribution in [1.29, 1.82) is 0 Å². The first-order chi connectivity index (χ1) is 9.58. The predicted octanol–water partition coefficient (Wildman–Crippen LogP) is 2.50. The number of benzene rings is 1. The van der Waals surface area contributed by atoms with Crippen LogP contribution in [0.25, 0.3) is 21.7 Å². The maximum Gasteiger partial charge on any atom is 0.259 e. The van der Waals surface area contributed by atoms with E-state index in [1.165, 1.54) is 30.6 Å². The molecule has 102 valence electrons. The molecule has 5 nitrogen and oxygen atoms in total. The lowest BCUT2D eigenvalue weighted by atomic mass is 10.2. The lowest BCUT2D eigenvalue weighted by molar-refractivity contribution is 0.387. The van der Waals surface area contributed by atoms with Crippen LogP contribution in [0.3, 0.4) is 0 Å². The number of H-pyrrole nitrogens is 1. The highest BCUT2D eigenvalue weighted by atomic mass is 32.1. The summed E-state index contributed by atoms with van der Waals surface area (Å²) in [5, 5.41) is 2.73. The number of halogens is 1. The monoisotopic (exact) mass is 291 g/mol. The molecule has 7 heteroatoms. The van der Waals surface area contributed by atoms with Crippen molar-refractivity contribution in [2.45, 2.75) is 6.92 Å². The number of nitrogens with one attached hydrogen (secondary N) is 1. The molecule has 0 unspecified atom stereocenters. The van der Waals surface area contributed by atoms with Gasteiger partial charge in [-0.05, 0) is 13.0 Å². The molecule has 1 aromatic carbocycles. The zero-order chi connectivity index (χ0) is 14.3. The fourth-order valence-electron chi connectivity index (χ4n) is 1.86. The summed E-state index contributed by atoms with van der Waals surface area (Å²) in [6, 6.07) is 2.53. The number of aromatic nitrogens is 3. The molecule has 3 rings (SSSR count). The number of hydrogen-bond donors (Lipinski definition) is 1. The number of nitrogens with zero attached hydrogens (tertiary/aromatic N) is 2. The first-order valence-corrected chi connectivity index (χ1v) is 6.66. The molecular weight excluding hydrogens is 281 g/mol. The molecule has 20 heavy (non-hydrogen) atoms. The third-order valence-corrected chi connectivity index (χ3v) is 3.77. The van der Waals surface area contributed by atoms with E-state index in [4.69, 9.17) is 4.74 Å². The molecule has 0 saturated heterocycles. The molecular formula is C13H10FN3O2S. The largest absolute Gasteiger partial charge is 0.494 e. The summed E-state index contributed by atoms with van der Waals surface area (Å²) in [4.78, 5) is 23.2. The third-order valence-electron chi connectivity index (χ3n) is 2.80. The zero-order valence-electron chi connectivity index (χ0n) is 10.7. The van der Waals surface area contributed by atoms with Crippen molar-refractivity contribution in [3.8, 4) is 16.6 Å². The van der Waals surface area contributed by atoms with Gasteiger partial charge in [-0.3, -0.25) is 4.79 Å². The Kier molecular flexibility index (Phi) is 2.98. The first kappa shape index (κ1) is 12.7. The van der Waals surface area contributed by atoms with Crippen molar-refractivity contribution in [3.05, 3.63) is 39.4 Å². The van der Waals surface area contributed by atoms with Gasteiger partial charge in [0.1, 0.15) is 0 Å². The Bertz CT molecular complexity index is 856. The zero-order valence-corrected chi connectivity index (χ0v) is 11.5. The second kappa shape index (κ2) is 4.68. The van der Waals surface area contributed by atoms with Gasteiger partial charge in [-0.25, -0.2) is 14.4 Å². The summed E-state index contributed by atoms with van der Waals surface area (Å²) in [5.41, 5.74) is 0.764. The normalized spacial score (nSPS) is 10.9. The Hall–Kier alpha value is -2.28. The van der Waals surface area contributed by atoms with Crippen molar-refractivity contribution >= 4 is 22.2 Å². The number of aromatic amines is 1. The van der Waals surface area contributed by atoms with Crippen molar-refractivity contribution in [2.75, 3.05) is 7.11 Å². The molecule has 1 N–H and O–H groups in total. The van der Waals surface area contributed by atoms with E-state index in [-0.39, 0.29) is 22.2 Å². The molecule has 0 aliphatic heterocycles. The maximum absolute atomic E-state index is 13.7. The number of rotatable bonds is 2. The average molecular weight is 291 g/mol. The number of hydrogen-bond acceptors (Lipinski definition) is 5. The lowest BCUT2D eigenvalue weighted by Gasteiger charge is -2.04. The van der Waals surface area contributed by atoms with E-state index < -0.39 is 5.82 Å². The van der Waals surface area contributed by atoms with Gasteiger partial charge in [-0.15, -0.1) is 11.3 Å². The summed E-state index contributed by atoms with van der Waals surface area (Å²) < 4.78 is 18.6. The van der Waals surface area contributed by atoms with Crippen molar-refractivity contribution in [3.63, 3.8) is 0 Å². The number of methoxy groups -OCH3 is 1. The van der Waals surface area contributed by atoms with Crippen LogP contribution in [0.1, 0.15) is 5.69 Å². The van der Waals surface area contributed by atoms with Crippen LogP contribution in [0.4, 0.5) is 4.39 Å². The minimum Gasteiger partial charge on any atom is -0.494 e. The van der Waals surface area contributed by atoms with Gasteiger partial charge in [0.25, 0.3) is 5.56 Å². The van der Waals surface area contributed by atoms with Crippen LogP contribution in [-0.4, -0.2) is 22.1 Å². The second-order valence-corrected chi connectivity index (χ2v) is 5.07. The molecule has 0 aliphatic carbocycles. The van der Waals surface area contributed by atoms with E-state index in [9.17, 15) is 9.18 Å². The van der Waals surface area contributed by atoms with Crippen LogP contribution in [0.5, 0.6) is 5.75 Å². The van der Waals surface area contributed by atoms with E-state index in [0.717, 1.165) is 5.69 Å². The van der Waals surface area contributed by atoms with Gasteiger partial charge in [0.05, 0.1) is 18.0 Å². The van der Waals surface area contributed by atoms with Gasteiger partial charge >= 0.3 is 0 Å². The lowest BCUT2D eigenvalue weighted by Crippen LogP contribution is -2.10. The predicted molar refractivity (Wildman–Crippen MR) is 74.7 cm³/mol. The van der Waals surface area contributed by atoms with Gasteiger partial charge in [0, 0.05) is 17.1 Å². The van der Waals surface area contributed by atoms with Crippen LogP contribution in [0, 0.1) is 12.7 Å². The first-order valence-electron chi connectivity index (χ1n) is 5.78. The van der Waals surface area contributed by atoms with E-state index in [1.807, 2.05) is 12.3 Å². The van der Waals surface area contributed by atoms with E-state index in [2.05, 4.69) is 15.0 Å². The van der Waals surface area contributed by atoms with Crippen molar-refractivity contribution in [2.24, 2.45) is 0 Å². The van der Waals surface area contributed by atoms with Crippen molar-refractivity contribution in [1.82, 2.24) is 15.0 Å². The summed E-state index contributed by atoms with van der Waals surface area (Å²) in [7, 11) is 1.35. The summed E-state index contributed by atoms with van der Waals surface area (Å²) in [6.07, 6.45) is 0.